The van der Waals surface area contributed by atoms with E-state index in [4.69, 9.17) is 14.5 Å². The van der Waals surface area contributed by atoms with Gasteiger partial charge in [0.15, 0.2) is 5.96 Å². The summed E-state index contributed by atoms with van der Waals surface area (Å²) in [4.78, 5) is 7.24. The van der Waals surface area contributed by atoms with Crippen LogP contribution in [0.5, 0.6) is 0 Å². The van der Waals surface area contributed by atoms with Crippen LogP contribution in [0, 0.1) is 5.92 Å². The molecule has 0 radical (unpaired) electrons. The van der Waals surface area contributed by atoms with Gasteiger partial charge in [-0.2, -0.15) is 0 Å². The molecule has 156 valence electrons. The summed E-state index contributed by atoms with van der Waals surface area (Å²) < 4.78 is 10.7. The zero-order valence-corrected chi connectivity index (χ0v) is 19.6. The van der Waals surface area contributed by atoms with Crippen molar-refractivity contribution in [3.63, 3.8) is 0 Å². The van der Waals surface area contributed by atoms with Crippen LogP contribution in [-0.2, 0) is 9.47 Å². The van der Waals surface area contributed by atoms with Gasteiger partial charge in [0, 0.05) is 39.2 Å². The van der Waals surface area contributed by atoms with E-state index >= 15 is 0 Å². The van der Waals surface area contributed by atoms with Crippen LogP contribution in [0.15, 0.2) is 4.99 Å². The molecule has 0 amide bonds. The molecule has 1 unspecified atom stereocenters. The number of hydrogen-bond acceptors (Lipinski definition) is 3. The number of aliphatic imine (C=N–C) groups is 1. The summed E-state index contributed by atoms with van der Waals surface area (Å²) in [5.41, 5.74) is 0. The molecule has 0 aromatic heterocycles. The fourth-order valence-electron chi connectivity index (χ4n) is 3.23. The predicted molar refractivity (Wildman–Crippen MR) is 122 cm³/mol. The summed E-state index contributed by atoms with van der Waals surface area (Å²) in [5.74, 6) is 1.70. The quantitative estimate of drug-likeness (QED) is 0.173. The zero-order valence-electron chi connectivity index (χ0n) is 17.3. The van der Waals surface area contributed by atoms with E-state index < -0.39 is 0 Å². The van der Waals surface area contributed by atoms with Gasteiger partial charge in [-0.3, -0.25) is 4.99 Å². The summed E-state index contributed by atoms with van der Waals surface area (Å²) in [6.07, 6.45) is 10.5. The minimum Gasteiger partial charge on any atom is -0.382 e. The van der Waals surface area contributed by atoms with E-state index in [2.05, 4.69) is 24.1 Å². The number of methoxy groups -OCH3 is 1. The molecule has 0 aromatic carbocycles. The van der Waals surface area contributed by atoms with Gasteiger partial charge in [0.2, 0.25) is 0 Å². The van der Waals surface area contributed by atoms with Gasteiger partial charge in [-0.05, 0) is 19.8 Å². The first kappa shape index (κ1) is 25.9. The fourth-order valence-corrected chi connectivity index (χ4v) is 3.23. The Labute approximate surface area is 178 Å². The molecule has 1 N–H and O–H groups in total. The first-order valence-electron chi connectivity index (χ1n) is 10.4. The lowest BCUT2D eigenvalue weighted by atomic mass is 10.1. The van der Waals surface area contributed by atoms with Gasteiger partial charge >= 0.3 is 0 Å². The Balaban J connectivity index is 0.00000625. The smallest absolute Gasteiger partial charge is 0.193 e. The minimum atomic E-state index is 0. The summed E-state index contributed by atoms with van der Waals surface area (Å²) >= 11 is 0. The topological polar surface area (TPSA) is 46.1 Å². The normalized spacial score (nSPS) is 17.4. The van der Waals surface area contributed by atoms with E-state index in [1.54, 1.807) is 7.11 Å². The van der Waals surface area contributed by atoms with Crippen LogP contribution in [0.3, 0.4) is 0 Å². The van der Waals surface area contributed by atoms with Gasteiger partial charge in [-0.25, -0.2) is 0 Å². The van der Waals surface area contributed by atoms with Crippen molar-refractivity contribution >= 4 is 29.9 Å². The highest BCUT2D eigenvalue weighted by Gasteiger charge is 2.24. The second-order valence-electron chi connectivity index (χ2n) is 7.03. The van der Waals surface area contributed by atoms with Crippen LogP contribution in [0.1, 0.15) is 65.2 Å². The number of unbranched alkanes of at least 4 members (excludes halogenated alkanes) is 6. The van der Waals surface area contributed by atoms with Crippen LogP contribution < -0.4 is 5.32 Å². The number of guanidine groups is 1. The van der Waals surface area contributed by atoms with Crippen molar-refractivity contribution < 1.29 is 9.47 Å². The Kier molecular flexibility index (Phi) is 18.2. The van der Waals surface area contributed by atoms with Gasteiger partial charge in [0.1, 0.15) is 0 Å². The number of rotatable bonds is 14. The van der Waals surface area contributed by atoms with Crippen LogP contribution >= 0.6 is 24.0 Å². The van der Waals surface area contributed by atoms with Gasteiger partial charge in [-0.1, -0.05) is 45.4 Å². The van der Waals surface area contributed by atoms with Crippen LogP contribution in [0.4, 0.5) is 0 Å². The summed E-state index contributed by atoms with van der Waals surface area (Å²) in [6.45, 7) is 10.6. The van der Waals surface area contributed by atoms with Crippen LogP contribution in [-0.4, -0.2) is 64.0 Å². The zero-order chi connectivity index (χ0) is 18.2. The predicted octanol–water partition coefficient (Wildman–Crippen LogP) is 4.31. The summed E-state index contributed by atoms with van der Waals surface area (Å²) in [7, 11) is 1.71. The maximum absolute atomic E-state index is 5.69. The second-order valence-corrected chi connectivity index (χ2v) is 7.03. The first-order chi connectivity index (χ1) is 12.3. The fraction of sp³-hybridized carbons (Fsp3) is 0.950. The maximum Gasteiger partial charge on any atom is 0.193 e. The highest BCUT2D eigenvalue weighted by Crippen LogP contribution is 2.17. The number of likely N-dealkylation sites (tertiary alicyclic amines) is 1. The van der Waals surface area contributed by atoms with Gasteiger partial charge in [-0.15, -0.1) is 24.0 Å². The third-order valence-electron chi connectivity index (χ3n) is 4.73. The third-order valence-corrected chi connectivity index (χ3v) is 4.73. The Morgan fingerprint density at radius 1 is 1.08 bits per heavy atom. The van der Waals surface area contributed by atoms with E-state index in [1.807, 2.05) is 0 Å². The molecule has 0 bridgehead atoms. The number of halogens is 1. The number of nitrogens with one attached hydrogen (secondary N) is 1. The van der Waals surface area contributed by atoms with Crippen molar-refractivity contribution in [2.75, 3.05) is 53.1 Å². The van der Waals surface area contributed by atoms with Gasteiger partial charge in [0.05, 0.1) is 19.8 Å². The molecule has 1 heterocycles. The Morgan fingerprint density at radius 2 is 1.81 bits per heavy atom. The molecule has 0 spiro atoms. The van der Waals surface area contributed by atoms with E-state index in [0.29, 0.717) is 19.1 Å². The van der Waals surface area contributed by atoms with E-state index in [1.165, 1.54) is 51.4 Å². The average molecular weight is 483 g/mol. The molecule has 5 nitrogen and oxygen atoms in total. The van der Waals surface area contributed by atoms with Crippen molar-refractivity contribution in [3.8, 4) is 0 Å². The molecule has 1 aliphatic heterocycles. The molecule has 1 atom stereocenters. The van der Waals surface area contributed by atoms with Crippen molar-refractivity contribution in [3.05, 3.63) is 0 Å². The maximum atomic E-state index is 5.69. The van der Waals surface area contributed by atoms with E-state index in [9.17, 15) is 0 Å². The van der Waals surface area contributed by atoms with Crippen molar-refractivity contribution in [2.45, 2.75) is 65.2 Å². The highest BCUT2D eigenvalue weighted by molar-refractivity contribution is 14.0. The van der Waals surface area contributed by atoms with Crippen molar-refractivity contribution in [1.29, 1.82) is 0 Å². The Morgan fingerprint density at radius 3 is 2.50 bits per heavy atom. The molecule has 6 heteroatoms. The average Bonchev–Trinajstić information content (AvgIpc) is 3.09. The molecular weight excluding hydrogens is 441 g/mol. The SMILES string of the molecule is CCCCCCCCCN=C(NCC)N1CCC(COCCOC)C1.I. The second kappa shape index (κ2) is 18.3. The van der Waals surface area contributed by atoms with Crippen molar-refractivity contribution in [1.82, 2.24) is 10.2 Å². The highest BCUT2D eigenvalue weighted by atomic mass is 127. The first-order valence-corrected chi connectivity index (χ1v) is 10.4. The monoisotopic (exact) mass is 483 g/mol. The molecule has 1 aliphatic rings. The molecule has 0 saturated carbocycles. The molecule has 1 rings (SSSR count). The number of ether oxygens (including phenoxy) is 2. The molecular formula is C20H42IN3O2. The van der Waals surface area contributed by atoms with Crippen LogP contribution in [0.25, 0.3) is 0 Å². The number of nitrogens with zero attached hydrogens (tertiary/aromatic N) is 2. The summed E-state index contributed by atoms with van der Waals surface area (Å²) in [6, 6.07) is 0. The standard InChI is InChI=1S/C20H41N3O2.HI/c1-4-6-7-8-9-10-11-13-22-20(21-5-2)23-14-12-19(17-23)18-25-16-15-24-3;/h19H,4-18H2,1-3H3,(H,21,22);1H. The molecule has 26 heavy (non-hydrogen) atoms. The molecule has 1 fully saturated rings. The molecule has 0 aliphatic carbocycles. The lowest BCUT2D eigenvalue weighted by Gasteiger charge is -2.21. The van der Waals surface area contributed by atoms with Crippen molar-refractivity contribution in [2.24, 2.45) is 10.9 Å². The Bertz CT molecular complexity index is 343. The Hall–Kier alpha value is -0.0800. The number of hydrogen-bond donors (Lipinski definition) is 1. The lowest BCUT2D eigenvalue weighted by molar-refractivity contribution is 0.0536. The summed E-state index contributed by atoms with van der Waals surface area (Å²) in [5, 5.41) is 3.46. The van der Waals surface area contributed by atoms with Gasteiger partial charge in [0.25, 0.3) is 0 Å². The third kappa shape index (κ3) is 12.3. The van der Waals surface area contributed by atoms with Crippen LogP contribution in [0.2, 0.25) is 0 Å². The molecule has 1 saturated heterocycles. The molecule has 0 aromatic rings. The minimum absolute atomic E-state index is 0. The van der Waals surface area contributed by atoms with E-state index in [0.717, 1.165) is 38.7 Å². The van der Waals surface area contributed by atoms with E-state index in [-0.39, 0.29) is 24.0 Å². The largest absolute Gasteiger partial charge is 0.382 e. The van der Waals surface area contributed by atoms with Gasteiger partial charge < -0.3 is 19.7 Å². The lowest BCUT2D eigenvalue weighted by Crippen LogP contribution is -2.40.